The van der Waals surface area contributed by atoms with Gasteiger partial charge in [0.05, 0.1) is 18.5 Å². The van der Waals surface area contributed by atoms with Crippen LogP contribution in [0, 0.1) is 17.8 Å². The maximum Gasteiger partial charge on any atom is 0.405 e. The molecule has 1 aliphatic rings. The van der Waals surface area contributed by atoms with Crippen LogP contribution in [0.1, 0.15) is 70.1 Å². The number of imidazole rings is 1. The molecule has 3 amide bonds. The zero-order chi connectivity index (χ0) is 30.5. The second kappa shape index (κ2) is 16.7. The molecule has 1 heterocycles. The molecule has 5 atom stereocenters. The number of rotatable bonds is 16. The fourth-order valence-corrected chi connectivity index (χ4v) is 5.71. The third-order valence-electron chi connectivity index (χ3n) is 8.20. The van der Waals surface area contributed by atoms with Crippen LogP contribution in [0.15, 0.2) is 55.5 Å². The number of benzene rings is 1. The molecule has 42 heavy (non-hydrogen) atoms. The van der Waals surface area contributed by atoms with E-state index in [0.29, 0.717) is 30.4 Å². The lowest BCUT2D eigenvalue weighted by Crippen LogP contribution is -2.56. The average molecular weight is 582 g/mol. The molecule has 1 fully saturated rings. The van der Waals surface area contributed by atoms with E-state index in [4.69, 9.17) is 10.5 Å². The first-order valence-corrected chi connectivity index (χ1v) is 15.0. The van der Waals surface area contributed by atoms with E-state index in [9.17, 15) is 19.5 Å². The van der Waals surface area contributed by atoms with Gasteiger partial charge in [0.2, 0.25) is 5.91 Å². The highest BCUT2D eigenvalue weighted by Gasteiger charge is 2.33. The molecule has 0 spiro atoms. The molecule has 0 bridgehead atoms. The van der Waals surface area contributed by atoms with Crippen molar-refractivity contribution in [1.29, 1.82) is 0 Å². The van der Waals surface area contributed by atoms with Crippen molar-refractivity contribution in [2.24, 2.45) is 23.5 Å². The first-order chi connectivity index (χ1) is 20.2. The Balaban J connectivity index is 1.80. The zero-order valence-corrected chi connectivity index (χ0v) is 24.8. The number of allylic oxidation sites excluding steroid dienone is 1. The van der Waals surface area contributed by atoms with Gasteiger partial charge in [-0.2, -0.15) is 0 Å². The third-order valence-corrected chi connectivity index (χ3v) is 8.20. The van der Waals surface area contributed by atoms with Gasteiger partial charge >= 0.3 is 6.09 Å². The number of aromatic amines is 1. The summed E-state index contributed by atoms with van der Waals surface area (Å²) in [5, 5.41) is 17.2. The Morgan fingerprint density at radius 2 is 1.83 bits per heavy atom. The summed E-state index contributed by atoms with van der Waals surface area (Å²) in [5.41, 5.74) is 6.69. The number of aliphatic hydroxyl groups is 1. The van der Waals surface area contributed by atoms with Gasteiger partial charge in [-0.25, -0.2) is 9.78 Å². The lowest BCUT2D eigenvalue weighted by atomic mass is 9.81. The largest absolute Gasteiger partial charge is 0.436 e. The Kier molecular flexibility index (Phi) is 13.1. The van der Waals surface area contributed by atoms with Gasteiger partial charge in [-0.1, -0.05) is 82.4 Å². The SMILES string of the molecule is C=C[C@@H](C[C@@H](O)[C@H](CC1CCCCC1)NC(=O)[C@H](Cc1cnc[nH]1)NC(=O)[C@H](Cc1ccccc1)OC(N)=O)C(C)C. The zero-order valence-electron chi connectivity index (χ0n) is 24.8. The van der Waals surface area contributed by atoms with Gasteiger partial charge < -0.3 is 31.2 Å². The standard InChI is InChI=1S/C32H47N5O5/c1-4-24(21(2)3)17-28(38)26(15-22-11-7-5-8-12-22)36-30(39)27(18-25-19-34-20-35-25)37-31(40)29(42-32(33)41)16-23-13-9-6-10-14-23/h4,6,9-10,13-14,19-22,24,26-29,38H,1,5,7-8,11-12,15-18H2,2-3H3,(H2,33,41)(H,34,35)(H,36,39)(H,37,40)/t24-,26-,27-,28+,29-/m0/s1. The minimum atomic E-state index is -1.23. The lowest BCUT2D eigenvalue weighted by molar-refractivity contribution is -0.134. The van der Waals surface area contributed by atoms with E-state index in [1.165, 1.54) is 12.7 Å². The second-order valence-corrected chi connectivity index (χ2v) is 11.8. The van der Waals surface area contributed by atoms with E-state index in [2.05, 4.69) is 41.0 Å². The fraction of sp³-hybridized carbons (Fsp3) is 0.562. The Labute approximate surface area is 248 Å². The van der Waals surface area contributed by atoms with E-state index < -0.39 is 42.2 Å². The number of H-pyrrole nitrogens is 1. The number of hydrogen-bond donors (Lipinski definition) is 5. The highest BCUT2D eigenvalue weighted by Crippen LogP contribution is 2.30. The summed E-state index contributed by atoms with van der Waals surface area (Å²) >= 11 is 0. The maximum atomic E-state index is 13.8. The fourth-order valence-electron chi connectivity index (χ4n) is 5.71. The van der Waals surface area contributed by atoms with Gasteiger partial charge in [-0.3, -0.25) is 9.59 Å². The molecule has 0 radical (unpaired) electrons. The first kappa shape index (κ1) is 32.8. The van der Waals surface area contributed by atoms with Crippen LogP contribution >= 0.6 is 0 Å². The molecule has 1 saturated carbocycles. The number of amides is 3. The first-order valence-electron chi connectivity index (χ1n) is 15.0. The van der Waals surface area contributed by atoms with Crippen molar-refractivity contribution in [1.82, 2.24) is 20.6 Å². The third kappa shape index (κ3) is 10.6. The average Bonchev–Trinajstić information content (AvgIpc) is 3.48. The van der Waals surface area contributed by atoms with Crippen molar-refractivity contribution >= 4 is 17.9 Å². The van der Waals surface area contributed by atoms with Gasteiger partial charge in [0, 0.05) is 24.7 Å². The van der Waals surface area contributed by atoms with Crippen molar-refractivity contribution < 1.29 is 24.2 Å². The molecule has 2 aromatic rings. The summed E-state index contributed by atoms with van der Waals surface area (Å²) in [5.74, 6) is -0.290. The minimum absolute atomic E-state index is 0.0924. The number of hydrogen-bond acceptors (Lipinski definition) is 6. The number of aliphatic hydroxyl groups excluding tert-OH is 1. The van der Waals surface area contributed by atoms with Crippen LogP contribution in [-0.2, 0) is 27.2 Å². The molecule has 0 unspecified atom stereocenters. The molecule has 0 aliphatic heterocycles. The van der Waals surface area contributed by atoms with E-state index >= 15 is 0 Å². The number of nitrogens with one attached hydrogen (secondary N) is 3. The van der Waals surface area contributed by atoms with Crippen LogP contribution in [-0.4, -0.2) is 57.3 Å². The molecular weight excluding hydrogens is 534 g/mol. The molecule has 1 aliphatic carbocycles. The van der Waals surface area contributed by atoms with Crippen LogP contribution in [0.25, 0.3) is 0 Å². The maximum absolute atomic E-state index is 13.8. The lowest BCUT2D eigenvalue weighted by Gasteiger charge is -2.33. The molecular formula is C32H47N5O5. The molecule has 1 aromatic heterocycles. The number of ether oxygens (including phenoxy) is 1. The number of aromatic nitrogens is 2. The van der Waals surface area contributed by atoms with Gasteiger partial charge in [0.15, 0.2) is 6.10 Å². The van der Waals surface area contributed by atoms with Crippen LogP contribution in [0.4, 0.5) is 4.79 Å². The molecule has 10 heteroatoms. The van der Waals surface area contributed by atoms with Crippen LogP contribution in [0.5, 0.6) is 0 Å². The molecule has 1 aromatic carbocycles. The number of carbonyl (C=O) groups is 3. The molecule has 230 valence electrons. The molecule has 3 rings (SSSR count). The minimum Gasteiger partial charge on any atom is -0.436 e. The van der Waals surface area contributed by atoms with E-state index in [1.807, 2.05) is 36.4 Å². The summed E-state index contributed by atoms with van der Waals surface area (Å²) in [6.07, 6.45) is 8.81. The summed E-state index contributed by atoms with van der Waals surface area (Å²) in [6.45, 7) is 8.11. The number of nitrogens with two attached hydrogens (primary N) is 1. The highest BCUT2D eigenvalue weighted by molar-refractivity contribution is 5.90. The van der Waals surface area contributed by atoms with E-state index in [1.54, 1.807) is 6.20 Å². The van der Waals surface area contributed by atoms with Crippen molar-refractivity contribution in [3.8, 4) is 0 Å². The Morgan fingerprint density at radius 3 is 2.43 bits per heavy atom. The smallest absolute Gasteiger partial charge is 0.405 e. The van der Waals surface area contributed by atoms with Crippen molar-refractivity contribution in [2.45, 2.75) is 95.9 Å². The van der Waals surface area contributed by atoms with Crippen molar-refractivity contribution in [3.63, 3.8) is 0 Å². The Morgan fingerprint density at radius 1 is 1.12 bits per heavy atom. The monoisotopic (exact) mass is 581 g/mol. The van der Waals surface area contributed by atoms with Crippen molar-refractivity contribution in [2.75, 3.05) is 0 Å². The molecule has 6 N–H and O–H groups in total. The van der Waals surface area contributed by atoms with Gasteiger partial charge in [0.1, 0.15) is 6.04 Å². The van der Waals surface area contributed by atoms with E-state index in [-0.39, 0.29) is 18.8 Å². The predicted molar refractivity (Wildman–Crippen MR) is 161 cm³/mol. The Bertz CT molecular complexity index is 1120. The summed E-state index contributed by atoms with van der Waals surface area (Å²) in [7, 11) is 0. The topological polar surface area (TPSA) is 159 Å². The quantitative estimate of drug-likeness (QED) is 0.190. The van der Waals surface area contributed by atoms with Crippen LogP contribution in [0.3, 0.4) is 0 Å². The van der Waals surface area contributed by atoms with Gasteiger partial charge in [-0.05, 0) is 36.2 Å². The molecule has 10 nitrogen and oxygen atoms in total. The number of carbonyl (C=O) groups excluding carboxylic acids is 3. The van der Waals surface area contributed by atoms with Crippen LogP contribution < -0.4 is 16.4 Å². The number of nitrogens with zero attached hydrogens (tertiary/aromatic N) is 1. The van der Waals surface area contributed by atoms with E-state index in [0.717, 1.165) is 31.2 Å². The second-order valence-electron chi connectivity index (χ2n) is 11.8. The highest BCUT2D eigenvalue weighted by atomic mass is 16.6. The number of primary amides is 1. The normalized spacial score (nSPS) is 17.4. The summed E-state index contributed by atoms with van der Waals surface area (Å²) < 4.78 is 5.16. The van der Waals surface area contributed by atoms with Gasteiger partial charge in [-0.15, -0.1) is 6.58 Å². The Hall–Kier alpha value is -3.66. The molecule has 0 saturated heterocycles. The van der Waals surface area contributed by atoms with Gasteiger partial charge in [0.25, 0.3) is 5.91 Å². The predicted octanol–water partition coefficient (Wildman–Crippen LogP) is 3.81. The van der Waals surface area contributed by atoms with Crippen molar-refractivity contribution in [3.05, 3.63) is 66.8 Å². The van der Waals surface area contributed by atoms with Crippen LogP contribution in [0.2, 0.25) is 0 Å². The summed E-state index contributed by atoms with van der Waals surface area (Å²) in [4.78, 5) is 45.9. The summed E-state index contributed by atoms with van der Waals surface area (Å²) in [6, 6.07) is 7.58.